The van der Waals surface area contributed by atoms with Gasteiger partial charge in [-0.3, -0.25) is 0 Å². The number of hydrogen-bond donors (Lipinski definition) is 0. The molecular formula is C49H35NS. The van der Waals surface area contributed by atoms with Crippen molar-refractivity contribution in [3.63, 3.8) is 0 Å². The van der Waals surface area contributed by atoms with E-state index in [0.29, 0.717) is 0 Å². The van der Waals surface area contributed by atoms with E-state index < -0.39 is 0 Å². The second kappa shape index (κ2) is 11.6. The molecule has 0 amide bonds. The van der Waals surface area contributed by atoms with Gasteiger partial charge in [-0.05, 0) is 80.0 Å². The molecule has 51 heavy (non-hydrogen) atoms. The van der Waals surface area contributed by atoms with E-state index in [-0.39, 0.29) is 5.41 Å². The van der Waals surface area contributed by atoms with Crippen LogP contribution in [0.4, 0.5) is 17.1 Å². The highest BCUT2D eigenvalue weighted by Gasteiger charge is 2.37. The van der Waals surface area contributed by atoms with Crippen LogP contribution in [0.2, 0.25) is 0 Å². The Morgan fingerprint density at radius 2 is 1.10 bits per heavy atom. The van der Waals surface area contributed by atoms with E-state index in [9.17, 15) is 0 Å². The molecule has 242 valence electrons. The van der Waals surface area contributed by atoms with Gasteiger partial charge >= 0.3 is 0 Å². The first-order valence-electron chi connectivity index (χ1n) is 17.7. The third-order valence-electron chi connectivity index (χ3n) is 10.9. The Labute approximate surface area is 302 Å². The van der Waals surface area contributed by atoms with Crippen LogP contribution >= 0.6 is 11.3 Å². The molecule has 0 fully saturated rings. The molecule has 1 heterocycles. The van der Waals surface area contributed by atoms with Crippen molar-refractivity contribution in [2.24, 2.45) is 0 Å². The molecule has 2 heteroatoms. The highest BCUT2D eigenvalue weighted by atomic mass is 32.1. The topological polar surface area (TPSA) is 3.24 Å². The van der Waals surface area contributed by atoms with Crippen LogP contribution in [-0.4, -0.2) is 0 Å². The summed E-state index contributed by atoms with van der Waals surface area (Å²) in [5.41, 5.74) is 13.7. The molecule has 0 atom stereocenters. The quantitative estimate of drug-likeness (QED) is 0.176. The van der Waals surface area contributed by atoms with Gasteiger partial charge in [-0.15, -0.1) is 11.3 Å². The van der Waals surface area contributed by atoms with Crippen LogP contribution < -0.4 is 4.90 Å². The van der Waals surface area contributed by atoms with Gasteiger partial charge in [0.25, 0.3) is 0 Å². The van der Waals surface area contributed by atoms with Gasteiger partial charge in [0.1, 0.15) is 0 Å². The van der Waals surface area contributed by atoms with Crippen LogP contribution in [0, 0.1) is 0 Å². The predicted molar refractivity (Wildman–Crippen MR) is 220 cm³/mol. The molecule has 1 aliphatic rings. The van der Waals surface area contributed by atoms with E-state index in [4.69, 9.17) is 0 Å². The lowest BCUT2D eigenvalue weighted by Crippen LogP contribution is -2.16. The fourth-order valence-electron chi connectivity index (χ4n) is 8.35. The van der Waals surface area contributed by atoms with Gasteiger partial charge < -0.3 is 4.90 Å². The highest BCUT2D eigenvalue weighted by Crippen LogP contribution is 2.54. The van der Waals surface area contributed by atoms with Gasteiger partial charge in [-0.25, -0.2) is 0 Å². The summed E-state index contributed by atoms with van der Waals surface area (Å²) in [5.74, 6) is 0. The fourth-order valence-corrected chi connectivity index (χ4v) is 9.72. The van der Waals surface area contributed by atoms with Gasteiger partial charge in [0, 0.05) is 42.5 Å². The minimum absolute atomic E-state index is 0.0857. The maximum absolute atomic E-state index is 2.46. The Morgan fingerprint density at radius 3 is 1.98 bits per heavy atom. The molecule has 0 N–H and O–H groups in total. The fraction of sp³-hybridized carbons (Fsp3) is 0.0612. The molecule has 10 rings (SSSR count). The van der Waals surface area contributed by atoms with Crippen LogP contribution in [0.5, 0.6) is 0 Å². The molecule has 1 nitrogen and oxygen atoms in total. The van der Waals surface area contributed by atoms with Crippen molar-refractivity contribution in [1.29, 1.82) is 0 Å². The molecule has 9 aromatic rings. The number of thiophene rings is 1. The lowest BCUT2D eigenvalue weighted by atomic mass is 9.82. The smallest absolute Gasteiger partial charge is 0.0543 e. The normalized spacial score (nSPS) is 13.1. The summed E-state index contributed by atoms with van der Waals surface area (Å²) in [5, 5.41) is 5.27. The van der Waals surface area contributed by atoms with Crippen molar-refractivity contribution in [3.8, 4) is 33.4 Å². The van der Waals surface area contributed by atoms with E-state index in [1.165, 1.54) is 81.1 Å². The van der Waals surface area contributed by atoms with Gasteiger partial charge in [0.05, 0.1) is 5.69 Å². The summed E-state index contributed by atoms with van der Waals surface area (Å²) in [4.78, 5) is 2.46. The van der Waals surface area contributed by atoms with Crippen molar-refractivity contribution < 1.29 is 0 Å². The molecule has 0 saturated heterocycles. The van der Waals surface area contributed by atoms with Crippen LogP contribution in [-0.2, 0) is 5.41 Å². The van der Waals surface area contributed by atoms with E-state index in [1.54, 1.807) is 0 Å². The molecule has 0 radical (unpaired) electrons. The third kappa shape index (κ3) is 4.67. The second-order valence-corrected chi connectivity index (χ2v) is 15.1. The first-order valence-corrected chi connectivity index (χ1v) is 18.5. The van der Waals surface area contributed by atoms with Crippen molar-refractivity contribution in [1.82, 2.24) is 0 Å². The molecule has 8 aromatic carbocycles. The van der Waals surface area contributed by atoms with Crippen molar-refractivity contribution in [2.45, 2.75) is 19.3 Å². The van der Waals surface area contributed by atoms with Crippen molar-refractivity contribution in [2.75, 3.05) is 4.90 Å². The molecule has 0 unspecified atom stereocenters. The highest BCUT2D eigenvalue weighted by molar-refractivity contribution is 7.27. The Morgan fingerprint density at radius 1 is 0.431 bits per heavy atom. The van der Waals surface area contributed by atoms with E-state index >= 15 is 0 Å². The maximum Gasteiger partial charge on any atom is 0.0543 e. The summed E-state index contributed by atoms with van der Waals surface area (Å²) in [6, 6.07) is 64.7. The van der Waals surface area contributed by atoms with Gasteiger partial charge in [0.2, 0.25) is 0 Å². The van der Waals surface area contributed by atoms with Crippen LogP contribution in [0.15, 0.2) is 176 Å². The molecule has 1 aliphatic carbocycles. The summed E-state index contributed by atoms with van der Waals surface area (Å²) >= 11 is 1.91. The zero-order valence-corrected chi connectivity index (χ0v) is 29.4. The van der Waals surface area contributed by atoms with E-state index in [0.717, 1.165) is 11.4 Å². The second-order valence-electron chi connectivity index (χ2n) is 14.1. The lowest BCUT2D eigenvalue weighted by molar-refractivity contribution is 0.660. The SMILES string of the molecule is CC1(C)c2ccccc2-c2c(N(c3ccc(-c4cccc5c4sc4c6ccccc6ccc54)cc3)c3cccc(-c4ccccc4)c3)cccc21. The zero-order chi connectivity index (χ0) is 34.1. The Bertz CT molecular complexity index is 2770. The molecule has 0 saturated carbocycles. The standard InChI is InChI=1S/C49H35NS/c1-49(2)43-22-9-8-19-42(43)46-44(49)23-12-24-45(46)50(37-17-10-16-35(31-37)32-13-4-3-5-14-32)36-28-25-34(26-29-36)39-20-11-21-40-41-30-27-33-15-6-7-18-38(33)48(41)51-47(39)40/h3-31H,1-2H3. The molecule has 0 spiro atoms. The number of benzene rings is 8. The lowest BCUT2D eigenvalue weighted by Gasteiger charge is -2.29. The number of anilines is 3. The summed E-state index contributed by atoms with van der Waals surface area (Å²) < 4.78 is 2.70. The number of nitrogens with zero attached hydrogens (tertiary/aromatic N) is 1. The number of rotatable bonds is 5. The van der Waals surface area contributed by atoms with E-state index in [2.05, 4.69) is 195 Å². The van der Waals surface area contributed by atoms with Crippen LogP contribution in [0.25, 0.3) is 64.3 Å². The summed E-state index contributed by atoms with van der Waals surface area (Å²) in [7, 11) is 0. The Balaban J connectivity index is 1.15. The van der Waals surface area contributed by atoms with E-state index in [1.807, 2.05) is 11.3 Å². The summed E-state index contributed by atoms with van der Waals surface area (Å²) in [6.07, 6.45) is 0. The average molecular weight is 670 g/mol. The largest absolute Gasteiger partial charge is 0.310 e. The molecular weight excluding hydrogens is 635 g/mol. The Kier molecular flexibility index (Phi) is 6.78. The number of hydrogen-bond acceptors (Lipinski definition) is 2. The van der Waals surface area contributed by atoms with Crippen molar-refractivity contribution in [3.05, 3.63) is 187 Å². The minimum Gasteiger partial charge on any atom is -0.310 e. The summed E-state index contributed by atoms with van der Waals surface area (Å²) in [6.45, 7) is 4.71. The molecule has 0 aliphatic heterocycles. The minimum atomic E-state index is -0.0857. The Hall–Kier alpha value is -5.96. The van der Waals surface area contributed by atoms with Crippen molar-refractivity contribution >= 4 is 59.3 Å². The molecule has 0 bridgehead atoms. The third-order valence-corrected chi connectivity index (χ3v) is 12.2. The van der Waals surface area contributed by atoms with Gasteiger partial charge in [-0.1, -0.05) is 159 Å². The first kappa shape index (κ1) is 29.9. The average Bonchev–Trinajstić information content (AvgIpc) is 3.69. The predicted octanol–water partition coefficient (Wildman–Crippen LogP) is 14.3. The monoisotopic (exact) mass is 669 g/mol. The first-order chi connectivity index (χ1) is 25.1. The van der Waals surface area contributed by atoms with Crippen LogP contribution in [0.1, 0.15) is 25.0 Å². The van der Waals surface area contributed by atoms with Gasteiger partial charge in [-0.2, -0.15) is 0 Å². The number of fused-ring (bicyclic) bond motifs is 8. The van der Waals surface area contributed by atoms with Crippen LogP contribution in [0.3, 0.4) is 0 Å². The zero-order valence-electron chi connectivity index (χ0n) is 28.6. The van der Waals surface area contributed by atoms with Gasteiger partial charge in [0.15, 0.2) is 0 Å². The molecule has 1 aromatic heterocycles. The maximum atomic E-state index is 2.46.